The van der Waals surface area contributed by atoms with E-state index >= 15 is 0 Å². The molecule has 35 heavy (non-hydrogen) atoms. The molecule has 0 radical (unpaired) electrons. The number of sulfonamides is 1. The monoisotopic (exact) mass is 497 g/mol. The zero-order valence-corrected chi connectivity index (χ0v) is 20.0. The molecule has 0 atom stereocenters. The first-order valence-corrected chi connectivity index (χ1v) is 13.0. The summed E-state index contributed by atoms with van der Waals surface area (Å²) in [5.74, 6) is -0.337. The number of amides is 1. The van der Waals surface area contributed by atoms with Gasteiger partial charge in [0.15, 0.2) is 0 Å². The van der Waals surface area contributed by atoms with Crippen molar-refractivity contribution in [1.82, 2.24) is 15.6 Å². The summed E-state index contributed by atoms with van der Waals surface area (Å²) in [7, 11) is -3.97. The number of carbonyl (C=O) groups excluding carboxylic acids is 1. The molecule has 0 saturated carbocycles. The van der Waals surface area contributed by atoms with Crippen LogP contribution in [0.3, 0.4) is 0 Å². The predicted octanol–water partition coefficient (Wildman–Crippen LogP) is 2.79. The van der Waals surface area contributed by atoms with Gasteiger partial charge < -0.3 is 15.5 Å². The summed E-state index contributed by atoms with van der Waals surface area (Å²) in [5, 5.41) is 6.20. The number of aromatic nitrogens is 1. The van der Waals surface area contributed by atoms with Crippen molar-refractivity contribution in [2.24, 2.45) is 0 Å². The van der Waals surface area contributed by atoms with E-state index < -0.39 is 15.8 Å². The van der Waals surface area contributed by atoms with Crippen LogP contribution in [-0.2, 0) is 16.4 Å². The van der Waals surface area contributed by atoms with Crippen molar-refractivity contribution in [2.45, 2.75) is 17.7 Å². The SMILES string of the molecule is O=C(NCCCc1ccccc1)c1cc(NS(=O)(=O)c2ccc(F)cc2)cnc1N1CCNCC1. The van der Waals surface area contributed by atoms with Crippen molar-refractivity contribution in [3.8, 4) is 0 Å². The van der Waals surface area contributed by atoms with E-state index in [1.54, 1.807) is 0 Å². The minimum Gasteiger partial charge on any atom is -0.353 e. The fourth-order valence-corrected chi connectivity index (χ4v) is 4.91. The minimum atomic E-state index is -3.97. The molecule has 184 valence electrons. The summed E-state index contributed by atoms with van der Waals surface area (Å²) in [6, 6.07) is 16.0. The molecule has 2 heterocycles. The number of benzene rings is 2. The van der Waals surface area contributed by atoms with Gasteiger partial charge in [-0.25, -0.2) is 17.8 Å². The Kier molecular flexibility index (Phi) is 7.94. The normalized spacial score (nSPS) is 13.9. The number of rotatable bonds is 9. The second-order valence-electron chi connectivity index (χ2n) is 8.24. The highest BCUT2D eigenvalue weighted by Gasteiger charge is 2.22. The van der Waals surface area contributed by atoms with Crippen LogP contribution in [0.15, 0.2) is 71.8 Å². The maximum Gasteiger partial charge on any atom is 0.261 e. The number of pyridine rings is 1. The molecule has 2 aromatic carbocycles. The molecule has 3 N–H and O–H groups in total. The summed E-state index contributed by atoms with van der Waals surface area (Å²) < 4.78 is 41.1. The van der Waals surface area contributed by atoms with Gasteiger partial charge >= 0.3 is 0 Å². The molecular formula is C25H28FN5O3S. The predicted molar refractivity (Wildman–Crippen MR) is 134 cm³/mol. The van der Waals surface area contributed by atoms with Crippen molar-refractivity contribution < 1.29 is 17.6 Å². The van der Waals surface area contributed by atoms with Crippen molar-refractivity contribution >= 4 is 27.4 Å². The number of halogens is 1. The Labute approximate surface area is 204 Å². The number of piperazine rings is 1. The summed E-state index contributed by atoms with van der Waals surface area (Å²) in [6.45, 7) is 3.36. The van der Waals surface area contributed by atoms with Gasteiger partial charge in [-0.05, 0) is 48.7 Å². The third kappa shape index (κ3) is 6.55. The minimum absolute atomic E-state index is 0.0861. The first kappa shape index (κ1) is 24.6. The third-order valence-corrected chi connectivity index (χ3v) is 7.07. The molecule has 4 rings (SSSR count). The summed E-state index contributed by atoms with van der Waals surface area (Å²) in [6.07, 6.45) is 3.00. The highest BCUT2D eigenvalue weighted by molar-refractivity contribution is 7.92. The summed E-state index contributed by atoms with van der Waals surface area (Å²) >= 11 is 0. The number of anilines is 2. The first-order valence-electron chi connectivity index (χ1n) is 11.5. The molecule has 0 aliphatic carbocycles. The zero-order chi connectivity index (χ0) is 24.7. The second-order valence-corrected chi connectivity index (χ2v) is 9.92. The molecular weight excluding hydrogens is 469 g/mol. The molecule has 3 aromatic rings. The number of nitrogens with one attached hydrogen (secondary N) is 3. The van der Waals surface area contributed by atoms with Gasteiger partial charge in [0.1, 0.15) is 11.6 Å². The molecule has 1 aromatic heterocycles. The molecule has 1 saturated heterocycles. The number of aryl methyl sites for hydroxylation is 1. The van der Waals surface area contributed by atoms with Gasteiger partial charge in [0.2, 0.25) is 0 Å². The van der Waals surface area contributed by atoms with E-state index in [9.17, 15) is 17.6 Å². The van der Waals surface area contributed by atoms with Crippen LogP contribution >= 0.6 is 0 Å². The van der Waals surface area contributed by atoms with E-state index in [1.165, 1.54) is 30.0 Å². The Hall–Kier alpha value is -3.50. The van der Waals surface area contributed by atoms with Gasteiger partial charge in [-0.1, -0.05) is 30.3 Å². The highest BCUT2D eigenvalue weighted by atomic mass is 32.2. The van der Waals surface area contributed by atoms with E-state index in [0.717, 1.165) is 38.1 Å². The van der Waals surface area contributed by atoms with Crippen LogP contribution in [0.5, 0.6) is 0 Å². The maximum absolute atomic E-state index is 13.2. The Morgan fingerprint density at radius 1 is 1.06 bits per heavy atom. The Balaban J connectivity index is 1.51. The lowest BCUT2D eigenvalue weighted by Gasteiger charge is -2.30. The Bertz CT molecular complexity index is 1250. The van der Waals surface area contributed by atoms with Gasteiger partial charge in [0.25, 0.3) is 15.9 Å². The second kappa shape index (κ2) is 11.3. The number of hydrogen-bond acceptors (Lipinski definition) is 6. The van der Waals surface area contributed by atoms with Gasteiger partial charge in [-0.2, -0.15) is 0 Å². The fourth-order valence-electron chi connectivity index (χ4n) is 3.87. The van der Waals surface area contributed by atoms with Gasteiger partial charge in [-0.3, -0.25) is 9.52 Å². The lowest BCUT2D eigenvalue weighted by Crippen LogP contribution is -2.44. The van der Waals surface area contributed by atoms with Crippen LogP contribution in [0.4, 0.5) is 15.9 Å². The van der Waals surface area contributed by atoms with Crippen LogP contribution in [0, 0.1) is 5.82 Å². The first-order chi connectivity index (χ1) is 16.9. The van der Waals surface area contributed by atoms with Crippen molar-refractivity contribution in [2.75, 3.05) is 42.3 Å². The number of hydrogen-bond donors (Lipinski definition) is 3. The highest BCUT2D eigenvalue weighted by Crippen LogP contribution is 2.24. The number of nitrogens with zero attached hydrogens (tertiary/aromatic N) is 2. The standard InChI is InChI=1S/C25H28FN5O3S/c26-20-8-10-22(11-9-20)35(33,34)30-21-17-23(24(29-18-21)31-15-13-27-14-16-31)25(32)28-12-4-7-19-5-2-1-3-6-19/h1-3,5-6,8-11,17-18,27,30H,4,7,12-16H2,(H,28,32). The summed E-state index contributed by atoms with van der Waals surface area (Å²) in [5.41, 5.74) is 1.65. The summed E-state index contributed by atoms with van der Waals surface area (Å²) in [4.78, 5) is 19.5. The van der Waals surface area contributed by atoms with E-state index in [-0.39, 0.29) is 16.5 Å². The van der Waals surface area contributed by atoms with Crippen LogP contribution < -0.4 is 20.3 Å². The van der Waals surface area contributed by atoms with Crippen molar-refractivity contribution in [1.29, 1.82) is 0 Å². The van der Waals surface area contributed by atoms with Crippen LogP contribution in [-0.4, -0.2) is 52.0 Å². The zero-order valence-electron chi connectivity index (χ0n) is 19.2. The number of carbonyl (C=O) groups is 1. The average molecular weight is 498 g/mol. The van der Waals surface area contributed by atoms with Crippen LogP contribution in [0.25, 0.3) is 0 Å². The largest absolute Gasteiger partial charge is 0.353 e. The molecule has 10 heteroatoms. The fraction of sp³-hybridized carbons (Fsp3) is 0.280. The van der Waals surface area contributed by atoms with Crippen LogP contribution in [0.2, 0.25) is 0 Å². The van der Waals surface area contributed by atoms with E-state index in [1.807, 2.05) is 35.2 Å². The van der Waals surface area contributed by atoms with Gasteiger partial charge in [-0.15, -0.1) is 0 Å². The topological polar surface area (TPSA) is 103 Å². The van der Waals surface area contributed by atoms with E-state index in [2.05, 4.69) is 20.3 Å². The molecule has 0 spiro atoms. The van der Waals surface area contributed by atoms with E-state index in [4.69, 9.17) is 0 Å². The third-order valence-electron chi connectivity index (χ3n) is 5.67. The van der Waals surface area contributed by atoms with E-state index in [0.29, 0.717) is 31.0 Å². The van der Waals surface area contributed by atoms with Gasteiger partial charge in [0.05, 0.1) is 22.3 Å². The molecule has 8 nitrogen and oxygen atoms in total. The van der Waals surface area contributed by atoms with Crippen molar-refractivity contribution in [3.05, 3.63) is 83.8 Å². The lowest BCUT2D eigenvalue weighted by atomic mass is 10.1. The molecule has 1 aliphatic rings. The lowest BCUT2D eigenvalue weighted by molar-refractivity contribution is 0.0953. The Morgan fingerprint density at radius 3 is 2.49 bits per heavy atom. The van der Waals surface area contributed by atoms with Gasteiger partial charge in [0, 0.05) is 32.7 Å². The Morgan fingerprint density at radius 2 is 1.77 bits per heavy atom. The molecule has 0 unspecified atom stereocenters. The average Bonchev–Trinajstić information content (AvgIpc) is 2.87. The molecule has 1 aliphatic heterocycles. The molecule has 1 amide bonds. The molecule has 1 fully saturated rings. The quantitative estimate of drug-likeness (QED) is 0.393. The molecule has 0 bridgehead atoms. The van der Waals surface area contributed by atoms with Crippen molar-refractivity contribution in [3.63, 3.8) is 0 Å². The van der Waals surface area contributed by atoms with Crippen LogP contribution in [0.1, 0.15) is 22.3 Å². The maximum atomic E-state index is 13.2. The smallest absolute Gasteiger partial charge is 0.261 e.